The molecule has 5 rings (SSSR count). The molecular formula is C29H30N4O4. The van der Waals surface area contributed by atoms with Gasteiger partial charge >= 0.3 is 0 Å². The van der Waals surface area contributed by atoms with Gasteiger partial charge in [-0.25, -0.2) is 0 Å². The van der Waals surface area contributed by atoms with Gasteiger partial charge in [0, 0.05) is 18.7 Å². The number of hydrogen-bond acceptors (Lipinski definition) is 7. The number of nitrogens with zero attached hydrogens (tertiary/aromatic N) is 4. The summed E-state index contributed by atoms with van der Waals surface area (Å²) in [5.41, 5.74) is 3.28. The molecule has 0 bridgehead atoms. The highest BCUT2D eigenvalue weighted by Gasteiger charge is 2.45. The van der Waals surface area contributed by atoms with Crippen molar-refractivity contribution in [2.75, 3.05) is 36.1 Å². The number of aryl methyl sites for hydroxylation is 1. The molecule has 0 spiro atoms. The molecule has 2 aromatic carbocycles. The van der Waals surface area contributed by atoms with Crippen LogP contribution in [0.1, 0.15) is 52.9 Å². The van der Waals surface area contributed by atoms with Crippen LogP contribution < -0.4 is 9.80 Å². The van der Waals surface area contributed by atoms with E-state index in [9.17, 15) is 14.7 Å². The first kappa shape index (κ1) is 24.6. The molecule has 2 aliphatic heterocycles. The van der Waals surface area contributed by atoms with Gasteiger partial charge in [-0.15, -0.1) is 10.2 Å². The van der Waals surface area contributed by atoms with E-state index in [1.165, 1.54) is 4.90 Å². The summed E-state index contributed by atoms with van der Waals surface area (Å²) in [6.07, 6.45) is 0. The lowest BCUT2D eigenvalue weighted by atomic mass is 9.91. The van der Waals surface area contributed by atoms with Crippen LogP contribution in [0.25, 0.3) is 0 Å². The van der Waals surface area contributed by atoms with Crippen LogP contribution in [0.2, 0.25) is 0 Å². The molecule has 1 amide bonds. The van der Waals surface area contributed by atoms with Crippen LogP contribution in [0.15, 0.2) is 72.0 Å². The summed E-state index contributed by atoms with van der Waals surface area (Å²) in [7, 11) is 0. The fourth-order valence-electron chi connectivity index (χ4n) is 4.72. The van der Waals surface area contributed by atoms with E-state index in [-0.39, 0.29) is 11.4 Å². The Morgan fingerprint density at radius 1 is 0.946 bits per heavy atom. The summed E-state index contributed by atoms with van der Waals surface area (Å²) < 4.78 is 5.41. The van der Waals surface area contributed by atoms with E-state index in [2.05, 4.69) is 28.9 Å². The first-order valence-corrected chi connectivity index (χ1v) is 12.5. The first-order valence-electron chi connectivity index (χ1n) is 12.5. The molecule has 37 heavy (non-hydrogen) atoms. The van der Waals surface area contributed by atoms with E-state index < -0.39 is 23.5 Å². The van der Waals surface area contributed by atoms with Crippen LogP contribution in [-0.4, -0.2) is 53.3 Å². The minimum absolute atomic E-state index is 0.0326. The Morgan fingerprint density at radius 2 is 1.57 bits per heavy atom. The number of aromatic nitrogens is 2. The monoisotopic (exact) mass is 498 g/mol. The molecule has 1 fully saturated rings. The largest absolute Gasteiger partial charge is 0.503 e. The fourth-order valence-corrected chi connectivity index (χ4v) is 4.72. The molecule has 3 aromatic rings. The Balaban J connectivity index is 1.56. The van der Waals surface area contributed by atoms with Crippen molar-refractivity contribution in [1.82, 2.24) is 10.2 Å². The van der Waals surface area contributed by atoms with Crippen LogP contribution in [-0.2, 0) is 9.53 Å². The third-order valence-electron chi connectivity index (χ3n) is 6.90. The standard InChI is InChI=1S/C29H30N4O4/c1-18(2)20-8-10-21(11-9-20)26-25(27(34)22-6-4-19(3)5-7-22)28(35)29(36)33(26)24-13-12-23(30-31-24)32-14-16-37-17-15-32/h4-13,18,26,35H,14-17H2,1-3H3. The third-order valence-corrected chi connectivity index (χ3v) is 6.90. The Morgan fingerprint density at radius 3 is 2.16 bits per heavy atom. The van der Waals surface area contributed by atoms with Gasteiger partial charge in [0.05, 0.1) is 24.8 Å². The van der Waals surface area contributed by atoms with E-state index in [1.807, 2.05) is 43.3 Å². The van der Waals surface area contributed by atoms with Crippen LogP contribution >= 0.6 is 0 Å². The number of rotatable bonds is 6. The van der Waals surface area contributed by atoms with Gasteiger partial charge in [-0.2, -0.15) is 0 Å². The molecule has 0 saturated carbocycles. The van der Waals surface area contributed by atoms with Crippen LogP contribution in [0.3, 0.4) is 0 Å². The number of ether oxygens (including phenoxy) is 1. The summed E-state index contributed by atoms with van der Waals surface area (Å²) in [5, 5.41) is 19.7. The molecule has 1 atom stereocenters. The Kier molecular flexibility index (Phi) is 6.76. The molecule has 8 heteroatoms. The lowest BCUT2D eigenvalue weighted by molar-refractivity contribution is -0.117. The molecule has 1 unspecified atom stereocenters. The summed E-state index contributed by atoms with van der Waals surface area (Å²) in [4.78, 5) is 30.5. The highest BCUT2D eigenvalue weighted by molar-refractivity contribution is 6.20. The number of Topliss-reactive ketones (excluding diaryl/α,β-unsaturated/α-hetero) is 1. The average Bonchev–Trinajstić information content (AvgIpc) is 3.19. The van der Waals surface area contributed by atoms with Gasteiger partial charge in [-0.3, -0.25) is 14.5 Å². The SMILES string of the molecule is Cc1ccc(C(=O)C2=C(O)C(=O)N(c3ccc(N4CCOCC4)nn3)C2c2ccc(C(C)C)cc2)cc1. The highest BCUT2D eigenvalue weighted by atomic mass is 16.5. The van der Waals surface area contributed by atoms with E-state index in [0.29, 0.717) is 49.2 Å². The predicted molar refractivity (Wildman–Crippen MR) is 141 cm³/mol. The molecule has 1 aromatic heterocycles. The van der Waals surface area contributed by atoms with Gasteiger partial charge < -0.3 is 14.7 Å². The number of aliphatic hydroxyl groups is 1. The zero-order chi connectivity index (χ0) is 26.1. The van der Waals surface area contributed by atoms with Crippen molar-refractivity contribution in [2.45, 2.75) is 32.7 Å². The second-order valence-electron chi connectivity index (χ2n) is 9.71. The van der Waals surface area contributed by atoms with Crippen molar-refractivity contribution >= 4 is 23.3 Å². The smallest absolute Gasteiger partial charge is 0.295 e. The Hall–Kier alpha value is -4.04. The van der Waals surface area contributed by atoms with Gasteiger partial charge in [0.25, 0.3) is 5.91 Å². The maximum Gasteiger partial charge on any atom is 0.295 e. The van der Waals surface area contributed by atoms with Gasteiger partial charge in [-0.1, -0.05) is 67.9 Å². The lowest BCUT2D eigenvalue weighted by Crippen LogP contribution is -2.37. The fraction of sp³-hybridized carbons (Fsp3) is 0.310. The number of carbonyl (C=O) groups is 2. The molecule has 1 saturated heterocycles. The normalized spacial score (nSPS) is 18.2. The average molecular weight is 499 g/mol. The third kappa shape index (κ3) is 4.72. The molecule has 3 heterocycles. The van der Waals surface area contributed by atoms with Crippen molar-refractivity contribution in [3.05, 3.63) is 94.2 Å². The van der Waals surface area contributed by atoms with Crippen molar-refractivity contribution in [3.63, 3.8) is 0 Å². The Bertz CT molecular complexity index is 1330. The van der Waals surface area contributed by atoms with E-state index in [0.717, 1.165) is 11.1 Å². The zero-order valence-electron chi connectivity index (χ0n) is 21.2. The van der Waals surface area contributed by atoms with E-state index in [1.54, 1.807) is 24.3 Å². The molecule has 0 radical (unpaired) electrons. The second kappa shape index (κ2) is 10.1. The van der Waals surface area contributed by atoms with Gasteiger partial charge in [0.2, 0.25) is 0 Å². The van der Waals surface area contributed by atoms with Crippen LogP contribution in [0, 0.1) is 6.92 Å². The molecule has 1 N–H and O–H groups in total. The maximum absolute atomic E-state index is 13.7. The van der Waals surface area contributed by atoms with Crippen molar-refractivity contribution < 1.29 is 19.4 Å². The molecule has 0 aliphatic carbocycles. The van der Waals surface area contributed by atoms with Gasteiger partial charge in [-0.05, 0) is 36.1 Å². The van der Waals surface area contributed by atoms with Crippen molar-refractivity contribution in [2.24, 2.45) is 0 Å². The number of hydrogen-bond donors (Lipinski definition) is 1. The van der Waals surface area contributed by atoms with Crippen molar-refractivity contribution in [1.29, 1.82) is 0 Å². The number of ketones is 1. The first-order chi connectivity index (χ1) is 17.8. The number of benzene rings is 2. The lowest BCUT2D eigenvalue weighted by Gasteiger charge is -2.28. The zero-order valence-corrected chi connectivity index (χ0v) is 21.2. The number of aliphatic hydroxyl groups excluding tert-OH is 1. The summed E-state index contributed by atoms with van der Waals surface area (Å²) in [5.74, 6) is -0.372. The Labute approximate surface area is 216 Å². The maximum atomic E-state index is 13.7. The number of anilines is 2. The minimum Gasteiger partial charge on any atom is -0.503 e. The second-order valence-corrected chi connectivity index (χ2v) is 9.71. The minimum atomic E-state index is -0.842. The van der Waals surface area contributed by atoms with Crippen LogP contribution in [0.4, 0.5) is 11.6 Å². The predicted octanol–water partition coefficient (Wildman–Crippen LogP) is 4.53. The van der Waals surface area contributed by atoms with E-state index in [4.69, 9.17) is 4.74 Å². The molecule has 2 aliphatic rings. The number of carbonyl (C=O) groups excluding carboxylic acids is 2. The molecular weight excluding hydrogens is 468 g/mol. The summed E-state index contributed by atoms with van der Waals surface area (Å²) >= 11 is 0. The highest BCUT2D eigenvalue weighted by Crippen LogP contribution is 2.41. The van der Waals surface area contributed by atoms with Gasteiger partial charge in [0.15, 0.2) is 23.2 Å². The summed E-state index contributed by atoms with van der Waals surface area (Å²) in [6, 6.07) is 17.5. The topological polar surface area (TPSA) is 95.9 Å². The van der Waals surface area contributed by atoms with Crippen LogP contribution in [0.5, 0.6) is 0 Å². The summed E-state index contributed by atoms with van der Waals surface area (Å²) in [6.45, 7) is 8.78. The number of amides is 1. The quantitative estimate of drug-likeness (QED) is 0.499. The number of morpholine rings is 1. The van der Waals surface area contributed by atoms with E-state index >= 15 is 0 Å². The molecule has 8 nitrogen and oxygen atoms in total. The van der Waals surface area contributed by atoms with Crippen molar-refractivity contribution in [3.8, 4) is 0 Å². The molecule has 190 valence electrons. The van der Waals surface area contributed by atoms with Gasteiger partial charge in [0.1, 0.15) is 0 Å².